The summed E-state index contributed by atoms with van der Waals surface area (Å²) in [5.74, 6) is -0.416. The molecule has 1 unspecified atom stereocenters. The van der Waals surface area contributed by atoms with Crippen molar-refractivity contribution in [2.75, 3.05) is 6.61 Å². The largest absolute Gasteiger partial charge is 0.463 e. The summed E-state index contributed by atoms with van der Waals surface area (Å²) in [6.45, 7) is 6.95. The molecule has 0 saturated heterocycles. The van der Waals surface area contributed by atoms with Crippen LogP contribution in [0.1, 0.15) is 44.9 Å². The highest BCUT2D eigenvalue weighted by Crippen LogP contribution is 2.47. The van der Waals surface area contributed by atoms with Crippen LogP contribution in [0.4, 0.5) is 0 Å². The molecular weight excluding hydrogens is 311 g/mol. The Kier molecular flexibility index (Phi) is 11.1. The molecular formula is C14H25O7P. The van der Waals surface area contributed by atoms with Crippen LogP contribution in [0.25, 0.3) is 0 Å². The van der Waals surface area contributed by atoms with Crippen LogP contribution in [0.3, 0.4) is 0 Å². The molecule has 0 fully saturated rings. The van der Waals surface area contributed by atoms with Gasteiger partial charge in [0.15, 0.2) is 0 Å². The molecule has 0 aromatic rings. The Labute approximate surface area is 130 Å². The van der Waals surface area contributed by atoms with Gasteiger partial charge in [0.1, 0.15) is 6.10 Å². The minimum absolute atomic E-state index is 0.303. The average molecular weight is 336 g/mol. The van der Waals surface area contributed by atoms with E-state index in [-0.39, 0.29) is 0 Å². The van der Waals surface area contributed by atoms with E-state index in [2.05, 4.69) is 18.0 Å². The molecule has 7 nitrogen and oxygen atoms in total. The van der Waals surface area contributed by atoms with Gasteiger partial charge in [-0.15, -0.1) is 0 Å². The van der Waals surface area contributed by atoms with Crippen LogP contribution in [0.2, 0.25) is 0 Å². The van der Waals surface area contributed by atoms with Crippen LogP contribution in [-0.4, -0.2) is 33.7 Å². The summed E-state index contributed by atoms with van der Waals surface area (Å²) in [5, 5.41) is 8.27. The van der Waals surface area contributed by atoms with Crippen molar-refractivity contribution in [1.29, 1.82) is 0 Å². The number of carbonyl (C=O) groups is 1. The molecule has 0 radical (unpaired) electrons. The molecule has 1 atom stereocenters. The second-order valence-electron chi connectivity index (χ2n) is 4.91. The summed E-state index contributed by atoms with van der Waals surface area (Å²) in [4.78, 5) is 32.7. The maximum atomic E-state index is 11.0. The Balaban J connectivity index is 3.63. The van der Waals surface area contributed by atoms with E-state index >= 15 is 0 Å². The van der Waals surface area contributed by atoms with E-state index in [1.54, 1.807) is 0 Å². The van der Waals surface area contributed by atoms with E-state index in [4.69, 9.17) is 19.8 Å². The second kappa shape index (κ2) is 11.6. The summed E-state index contributed by atoms with van der Waals surface area (Å²) < 4.78 is 15.8. The molecule has 0 amide bonds. The topological polar surface area (TPSA) is 113 Å². The SMILES string of the molecule is C=CC(=O)OCCCCCCCCC(OO)C(=C)P(=O)(O)O. The summed E-state index contributed by atoms with van der Waals surface area (Å²) in [5.41, 5.74) is 0. The lowest BCUT2D eigenvalue weighted by atomic mass is 10.1. The lowest BCUT2D eigenvalue weighted by Gasteiger charge is -2.16. The molecule has 0 aromatic heterocycles. The Morgan fingerprint density at radius 1 is 1.14 bits per heavy atom. The lowest BCUT2D eigenvalue weighted by molar-refractivity contribution is -0.268. The van der Waals surface area contributed by atoms with Crippen LogP contribution < -0.4 is 0 Å². The molecule has 0 aromatic carbocycles. The number of unbranched alkanes of at least 4 members (excludes halogenated alkanes) is 5. The Morgan fingerprint density at radius 2 is 1.68 bits per heavy atom. The maximum absolute atomic E-state index is 11.0. The van der Waals surface area contributed by atoms with Crippen molar-refractivity contribution in [3.05, 3.63) is 24.5 Å². The highest BCUT2D eigenvalue weighted by atomic mass is 31.2. The van der Waals surface area contributed by atoms with Crippen molar-refractivity contribution in [3.63, 3.8) is 0 Å². The number of rotatable bonds is 13. The van der Waals surface area contributed by atoms with Gasteiger partial charge in [-0.1, -0.05) is 45.3 Å². The van der Waals surface area contributed by atoms with Crippen LogP contribution in [-0.2, 0) is 19.0 Å². The normalized spacial score (nSPS) is 12.7. The molecule has 0 rings (SSSR count). The fourth-order valence-electron chi connectivity index (χ4n) is 1.84. The first-order valence-electron chi connectivity index (χ1n) is 7.17. The van der Waals surface area contributed by atoms with Gasteiger partial charge in [0.25, 0.3) is 0 Å². The summed E-state index contributed by atoms with van der Waals surface area (Å²) in [7, 11) is -4.44. The van der Waals surface area contributed by atoms with Gasteiger partial charge in [-0.25, -0.2) is 9.68 Å². The van der Waals surface area contributed by atoms with E-state index < -0.39 is 25.0 Å². The fraction of sp³-hybridized carbons (Fsp3) is 0.643. The van der Waals surface area contributed by atoms with Crippen molar-refractivity contribution in [2.45, 2.75) is 51.0 Å². The number of hydrogen-bond donors (Lipinski definition) is 3. The smallest absolute Gasteiger partial charge is 0.354 e. The lowest BCUT2D eigenvalue weighted by Crippen LogP contribution is -2.13. The van der Waals surface area contributed by atoms with Gasteiger partial charge >= 0.3 is 13.6 Å². The maximum Gasteiger partial charge on any atom is 0.354 e. The van der Waals surface area contributed by atoms with E-state index in [9.17, 15) is 9.36 Å². The highest BCUT2D eigenvalue weighted by Gasteiger charge is 2.27. The van der Waals surface area contributed by atoms with Gasteiger partial charge in [0.2, 0.25) is 0 Å². The van der Waals surface area contributed by atoms with Crippen LogP contribution in [0, 0.1) is 0 Å². The summed E-state index contributed by atoms with van der Waals surface area (Å²) in [6.07, 6.45) is 5.53. The van der Waals surface area contributed by atoms with Crippen molar-refractivity contribution < 1.29 is 34.0 Å². The van der Waals surface area contributed by atoms with Crippen molar-refractivity contribution in [3.8, 4) is 0 Å². The van der Waals surface area contributed by atoms with Crippen LogP contribution in [0.15, 0.2) is 24.5 Å². The van der Waals surface area contributed by atoms with Crippen molar-refractivity contribution in [1.82, 2.24) is 0 Å². The van der Waals surface area contributed by atoms with E-state index in [0.717, 1.165) is 38.2 Å². The van der Waals surface area contributed by atoms with Gasteiger partial charge < -0.3 is 14.5 Å². The third-order valence-corrected chi connectivity index (χ3v) is 4.18. The number of ether oxygens (including phenoxy) is 1. The first-order valence-corrected chi connectivity index (χ1v) is 8.78. The third-order valence-electron chi connectivity index (χ3n) is 3.14. The second-order valence-corrected chi connectivity index (χ2v) is 6.57. The van der Waals surface area contributed by atoms with Gasteiger partial charge in [0, 0.05) is 6.08 Å². The molecule has 0 heterocycles. The molecule has 0 bridgehead atoms. The first kappa shape index (κ1) is 21.0. The van der Waals surface area contributed by atoms with Gasteiger partial charge in [-0.05, 0) is 12.8 Å². The zero-order valence-electron chi connectivity index (χ0n) is 12.6. The molecule has 0 spiro atoms. The Bertz CT molecular complexity index is 402. The third kappa shape index (κ3) is 9.87. The van der Waals surface area contributed by atoms with Crippen LogP contribution >= 0.6 is 7.60 Å². The van der Waals surface area contributed by atoms with Crippen LogP contribution in [0.5, 0.6) is 0 Å². The molecule has 0 aliphatic carbocycles. The van der Waals surface area contributed by atoms with E-state index in [1.807, 2.05) is 0 Å². The number of carbonyl (C=O) groups excluding carboxylic acids is 1. The average Bonchev–Trinajstić information content (AvgIpc) is 2.47. The minimum atomic E-state index is -4.44. The quantitative estimate of drug-likeness (QED) is 0.118. The standard InChI is InChI=1S/C14H25O7P/c1-3-14(15)20-11-9-7-5-4-6-8-10-13(21-16)12(2)22(17,18)19/h3,13,16H,1-2,4-11H2,(H2,17,18,19). The number of esters is 1. The molecule has 22 heavy (non-hydrogen) atoms. The van der Waals surface area contributed by atoms with E-state index in [0.29, 0.717) is 19.4 Å². The zero-order valence-corrected chi connectivity index (χ0v) is 13.5. The predicted octanol–water partition coefficient (Wildman–Crippen LogP) is 3.00. The summed E-state index contributed by atoms with van der Waals surface area (Å²) in [6, 6.07) is 0. The van der Waals surface area contributed by atoms with E-state index in [1.165, 1.54) is 0 Å². The first-order chi connectivity index (χ1) is 10.3. The molecule has 0 saturated carbocycles. The monoisotopic (exact) mass is 336 g/mol. The summed E-state index contributed by atoms with van der Waals surface area (Å²) >= 11 is 0. The predicted molar refractivity (Wildman–Crippen MR) is 82.2 cm³/mol. The van der Waals surface area contributed by atoms with Crippen molar-refractivity contribution in [2.24, 2.45) is 0 Å². The van der Waals surface area contributed by atoms with Gasteiger partial charge in [0.05, 0.1) is 11.9 Å². The minimum Gasteiger partial charge on any atom is -0.463 e. The molecule has 128 valence electrons. The number of hydrogen-bond acceptors (Lipinski definition) is 5. The molecule has 0 aliphatic heterocycles. The zero-order chi connectivity index (χ0) is 17.0. The fourth-order valence-corrected chi connectivity index (χ4v) is 2.39. The molecule has 0 aliphatic rings. The molecule has 8 heteroatoms. The van der Waals surface area contributed by atoms with Gasteiger partial charge in [-0.3, -0.25) is 9.82 Å². The highest BCUT2D eigenvalue weighted by molar-refractivity contribution is 7.56. The Hall–Kier alpha value is -0.980. The van der Waals surface area contributed by atoms with Crippen molar-refractivity contribution >= 4 is 13.6 Å². The molecule has 3 N–H and O–H groups in total. The Morgan fingerprint density at radius 3 is 2.18 bits per heavy atom. The van der Waals surface area contributed by atoms with Gasteiger partial charge in [-0.2, -0.15) is 0 Å².